The van der Waals surface area contributed by atoms with E-state index in [0.717, 1.165) is 29.2 Å². The van der Waals surface area contributed by atoms with Crippen LogP contribution in [0.3, 0.4) is 0 Å². The molecule has 0 saturated heterocycles. The summed E-state index contributed by atoms with van der Waals surface area (Å²) in [5.74, 6) is 0. The van der Waals surface area contributed by atoms with Crippen LogP contribution in [0.1, 0.15) is 18.5 Å². The summed E-state index contributed by atoms with van der Waals surface area (Å²) in [5.41, 5.74) is 1.13. The highest BCUT2D eigenvalue weighted by atomic mass is 32.1. The zero-order valence-corrected chi connectivity index (χ0v) is 8.44. The summed E-state index contributed by atoms with van der Waals surface area (Å²) in [7, 11) is 0. The minimum atomic E-state index is 0.783. The normalized spacial score (nSPS) is 9.75. The second kappa shape index (κ2) is 5.27. The van der Waals surface area contributed by atoms with Gasteiger partial charge >= 0.3 is 0 Å². The minimum Gasteiger partial charge on any atom is -0.261 e. The zero-order valence-electron chi connectivity index (χ0n) is 6.73. The van der Waals surface area contributed by atoms with E-state index in [2.05, 4.69) is 17.6 Å². The molecule has 0 fully saturated rings. The monoisotopic (exact) mass is 197 g/mol. The Morgan fingerprint density at radius 2 is 2.33 bits per heavy atom. The van der Waals surface area contributed by atoms with Gasteiger partial charge in [-0.25, -0.2) is 0 Å². The molecule has 64 valence electrons. The Kier molecular flexibility index (Phi) is 4.25. The first-order valence-electron chi connectivity index (χ1n) is 3.91. The van der Waals surface area contributed by atoms with Gasteiger partial charge in [0.25, 0.3) is 0 Å². The number of aromatic nitrogens is 1. The molecule has 0 unspecified atom stereocenters. The lowest BCUT2D eigenvalue weighted by atomic mass is 10.2. The van der Waals surface area contributed by atoms with Crippen molar-refractivity contribution >= 4 is 29.0 Å². The molecule has 0 bridgehead atoms. The van der Waals surface area contributed by atoms with Gasteiger partial charge in [0, 0.05) is 16.1 Å². The Labute approximate surface area is 83.6 Å². The summed E-state index contributed by atoms with van der Waals surface area (Å²) < 4.78 is 0.783. The zero-order chi connectivity index (χ0) is 8.81. The summed E-state index contributed by atoms with van der Waals surface area (Å²) >= 11 is 8.91. The molecule has 0 aromatic carbocycles. The Morgan fingerprint density at radius 1 is 1.50 bits per heavy atom. The Bertz CT molecular complexity index is 246. The number of rotatable bonds is 4. The fraction of sp³-hybridized carbons (Fsp3) is 0.333. The molecular formula is C9H11NS2. The molecule has 1 aromatic heterocycles. The van der Waals surface area contributed by atoms with Crippen LogP contribution in [0.4, 0.5) is 0 Å². The largest absolute Gasteiger partial charge is 0.261 e. The fourth-order valence-corrected chi connectivity index (χ4v) is 1.27. The van der Waals surface area contributed by atoms with Crippen molar-refractivity contribution in [1.82, 2.24) is 4.98 Å². The van der Waals surface area contributed by atoms with E-state index in [1.807, 2.05) is 24.4 Å². The smallest absolute Gasteiger partial charge is 0.0448 e. The Morgan fingerprint density at radius 3 is 2.92 bits per heavy atom. The van der Waals surface area contributed by atoms with Crippen molar-refractivity contribution in [3.05, 3.63) is 30.1 Å². The van der Waals surface area contributed by atoms with E-state index in [1.54, 1.807) is 0 Å². The van der Waals surface area contributed by atoms with Crippen molar-refractivity contribution in [2.24, 2.45) is 0 Å². The SMILES string of the molecule is S=C(S)CCCc1ccccn1. The average molecular weight is 197 g/mol. The first kappa shape index (κ1) is 9.68. The maximum atomic E-state index is 4.85. The highest BCUT2D eigenvalue weighted by molar-refractivity contribution is 8.11. The molecular weight excluding hydrogens is 186 g/mol. The van der Waals surface area contributed by atoms with Crippen LogP contribution >= 0.6 is 24.8 Å². The molecule has 0 saturated carbocycles. The highest BCUT2D eigenvalue weighted by Crippen LogP contribution is 2.03. The van der Waals surface area contributed by atoms with Crippen molar-refractivity contribution in [1.29, 1.82) is 0 Å². The number of nitrogens with zero attached hydrogens (tertiary/aromatic N) is 1. The quantitative estimate of drug-likeness (QED) is 0.588. The van der Waals surface area contributed by atoms with Crippen LogP contribution < -0.4 is 0 Å². The number of thiol groups is 1. The standard InChI is InChI=1S/C9H11NS2/c11-9(12)6-3-5-8-4-1-2-7-10-8/h1-2,4,7H,3,5-6H2,(H,11,12). The second-order valence-electron chi connectivity index (χ2n) is 2.57. The molecule has 3 heteroatoms. The Hall–Kier alpha value is -0.410. The number of pyridine rings is 1. The summed E-state index contributed by atoms with van der Waals surface area (Å²) in [4.78, 5) is 4.21. The molecule has 1 aromatic rings. The van der Waals surface area contributed by atoms with Crippen molar-refractivity contribution in [2.45, 2.75) is 19.3 Å². The molecule has 0 aliphatic carbocycles. The van der Waals surface area contributed by atoms with E-state index >= 15 is 0 Å². The molecule has 0 spiro atoms. The fourth-order valence-electron chi connectivity index (χ4n) is 0.967. The number of hydrogen-bond acceptors (Lipinski definition) is 2. The van der Waals surface area contributed by atoms with Gasteiger partial charge in [0.1, 0.15) is 0 Å². The summed E-state index contributed by atoms with van der Waals surface area (Å²) in [6.45, 7) is 0. The maximum Gasteiger partial charge on any atom is 0.0448 e. The average Bonchev–Trinajstić information content (AvgIpc) is 2.05. The molecule has 0 aliphatic rings. The van der Waals surface area contributed by atoms with Crippen molar-refractivity contribution < 1.29 is 0 Å². The van der Waals surface area contributed by atoms with Crippen LogP contribution in [-0.2, 0) is 6.42 Å². The highest BCUT2D eigenvalue weighted by Gasteiger charge is 1.94. The van der Waals surface area contributed by atoms with Gasteiger partial charge in [0.2, 0.25) is 0 Å². The van der Waals surface area contributed by atoms with Crippen molar-refractivity contribution in [2.75, 3.05) is 0 Å². The van der Waals surface area contributed by atoms with Gasteiger partial charge in [-0.15, -0.1) is 12.6 Å². The van der Waals surface area contributed by atoms with Gasteiger partial charge in [0.15, 0.2) is 0 Å². The maximum absolute atomic E-state index is 4.85. The number of thiocarbonyl (C=S) groups is 1. The third-order valence-electron chi connectivity index (χ3n) is 1.55. The van der Waals surface area contributed by atoms with Crippen LogP contribution in [0.5, 0.6) is 0 Å². The van der Waals surface area contributed by atoms with Crippen LogP contribution in [0.2, 0.25) is 0 Å². The summed E-state index contributed by atoms with van der Waals surface area (Å²) in [6, 6.07) is 5.95. The second-order valence-corrected chi connectivity index (χ2v) is 3.90. The molecule has 1 nitrogen and oxygen atoms in total. The van der Waals surface area contributed by atoms with Gasteiger partial charge in [-0.05, 0) is 31.4 Å². The first-order chi connectivity index (χ1) is 5.79. The Balaban J connectivity index is 2.29. The number of hydrogen-bond donors (Lipinski definition) is 1. The molecule has 0 atom stereocenters. The van der Waals surface area contributed by atoms with E-state index < -0.39 is 0 Å². The van der Waals surface area contributed by atoms with Crippen LogP contribution in [0, 0.1) is 0 Å². The first-order valence-corrected chi connectivity index (χ1v) is 4.76. The van der Waals surface area contributed by atoms with Gasteiger partial charge in [-0.2, -0.15) is 0 Å². The topological polar surface area (TPSA) is 12.9 Å². The van der Waals surface area contributed by atoms with Gasteiger partial charge in [-0.3, -0.25) is 4.98 Å². The third kappa shape index (κ3) is 3.83. The lowest BCUT2D eigenvalue weighted by Gasteiger charge is -1.97. The van der Waals surface area contributed by atoms with Gasteiger partial charge < -0.3 is 0 Å². The third-order valence-corrected chi connectivity index (χ3v) is 1.98. The van der Waals surface area contributed by atoms with E-state index in [1.165, 1.54) is 0 Å². The van der Waals surface area contributed by atoms with E-state index in [9.17, 15) is 0 Å². The number of aryl methyl sites for hydroxylation is 1. The van der Waals surface area contributed by atoms with E-state index in [-0.39, 0.29) is 0 Å². The summed E-state index contributed by atoms with van der Waals surface area (Å²) in [6.07, 6.45) is 4.74. The molecule has 0 amide bonds. The molecule has 0 radical (unpaired) electrons. The van der Waals surface area contributed by atoms with E-state index in [4.69, 9.17) is 12.2 Å². The predicted octanol–water partition coefficient (Wildman–Crippen LogP) is 2.66. The van der Waals surface area contributed by atoms with E-state index in [0.29, 0.717) is 0 Å². The lowest BCUT2D eigenvalue weighted by molar-refractivity contribution is 0.846. The van der Waals surface area contributed by atoms with Crippen LogP contribution in [0.25, 0.3) is 0 Å². The molecule has 1 heterocycles. The van der Waals surface area contributed by atoms with Crippen molar-refractivity contribution in [3.8, 4) is 0 Å². The molecule has 1 rings (SSSR count). The van der Waals surface area contributed by atoms with Gasteiger partial charge in [-0.1, -0.05) is 18.3 Å². The van der Waals surface area contributed by atoms with Crippen LogP contribution in [0.15, 0.2) is 24.4 Å². The lowest BCUT2D eigenvalue weighted by Crippen LogP contribution is -1.91. The van der Waals surface area contributed by atoms with Crippen LogP contribution in [-0.4, -0.2) is 9.18 Å². The van der Waals surface area contributed by atoms with Gasteiger partial charge in [0.05, 0.1) is 0 Å². The summed E-state index contributed by atoms with van der Waals surface area (Å²) in [5, 5.41) is 0. The minimum absolute atomic E-state index is 0.783. The molecule has 12 heavy (non-hydrogen) atoms. The van der Waals surface area contributed by atoms with Crippen molar-refractivity contribution in [3.63, 3.8) is 0 Å². The predicted molar refractivity (Wildman–Crippen MR) is 58.8 cm³/mol. The molecule has 0 aliphatic heterocycles. The molecule has 0 N–H and O–H groups in total.